The maximum absolute atomic E-state index is 14.1. The van der Waals surface area contributed by atoms with Crippen molar-refractivity contribution in [1.29, 1.82) is 0 Å². The normalized spacial score (nSPS) is 19.7. The van der Waals surface area contributed by atoms with Crippen molar-refractivity contribution in [3.05, 3.63) is 35.0 Å². The SMILES string of the molecule is COc1ccc(-c2cc(C(=O)N[C@@H]3CN(C)CCC3(F)F)nn2C)c(Cl)c1. The molecule has 27 heavy (non-hydrogen) atoms. The average Bonchev–Trinajstić information content (AvgIpc) is 3.00. The van der Waals surface area contributed by atoms with Crippen molar-refractivity contribution >= 4 is 17.5 Å². The number of likely N-dealkylation sites (tertiary alicyclic amines) is 1. The minimum atomic E-state index is -2.95. The van der Waals surface area contributed by atoms with Crippen molar-refractivity contribution in [3.63, 3.8) is 0 Å². The zero-order valence-corrected chi connectivity index (χ0v) is 16.1. The van der Waals surface area contributed by atoms with E-state index in [1.807, 2.05) is 0 Å². The van der Waals surface area contributed by atoms with Crippen LogP contribution in [-0.2, 0) is 7.05 Å². The Morgan fingerprint density at radius 3 is 2.78 bits per heavy atom. The number of likely N-dealkylation sites (N-methyl/N-ethyl adjacent to an activating group) is 1. The summed E-state index contributed by atoms with van der Waals surface area (Å²) in [5, 5.41) is 7.02. The zero-order chi connectivity index (χ0) is 19.8. The predicted molar refractivity (Wildman–Crippen MR) is 98.5 cm³/mol. The van der Waals surface area contributed by atoms with Gasteiger partial charge in [-0.1, -0.05) is 11.6 Å². The lowest BCUT2D eigenvalue weighted by Gasteiger charge is -2.36. The van der Waals surface area contributed by atoms with Gasteiger partial charge in [-0.3, -0.25) is 9.48 Å². The third-order valence-electron chi connectivity index (χ3n) is 4.70. The first-order valence-electron chi connectivity index (χ1n) is 8.46. The molecular formula is C18H21ClF2N4O2. The minimum Gasteiger partial charge on any atom is -0.497 e. The van der Waals surface area contributed by atoms with Crippen molar-refractivity contribution in [2.45, 2.75) is 18.4 Å². The molecule has 1 aromatic carbocycles. The van der Waals surface area contributed by atoms with Crippen LogP contribution in [0, 0.1) is 0 Å². The van der Waals surface area contributed by atoms with E-state index in [4.69, 9.17) is 16.3 Å². The summed E-state index contributed by atoms with van der Waals surface area (Å²) in [4.78, 5) is 14.3. The van der Waals surface area contributed by atoms with E-state index in [0.29, 0.717) is 28.6 Å². The van der Waals surface area contributed by atoms with Crippen molar-refractivity contribution in [2.24, 2.45) is 7.05 Å². The van der Waals surface area contributed by atoms with E-state index in [0.717, 1.165) is 0 Å². The van der Waals surface area contributed by atoms with Gasteiger partial charge in [0.2, 0.25) is 0 Å². The lowest BCUT2D eigenvalue weighted by Crippen LogP contribution is -2.57. The fourth-order valence-electron chi connectivity index (χ4n) is 3.09. The van der Waals surface area contributed by atoms with Gasteiger partial charge in [0, 0.05) is 32.1 Å². The fourth-order valence-corrected chi connectivity index (χ4v) is 3.36. The first-order valence-corrected chi connectivity index (χ1v) is 8.84. The van der Waals surface area contributed by atoms with Crippen molar-refractivity contribution in [2.75, 3.05) is 27.2 Å². The highest BCUT2D eigenvalue weighted by Gasteiger charge is 2.44. The van der Waals surface area contributed by atoms with Gasteiger partial charge >= 0.3 is 0 Å². The smallest absolute Gasteiger partial charge is 0.272 e. The Labute approximate surface area is 161 Å². The van der Waals surface area contributed by atoms with Crippen LogP contribution in [0.3, 0.4) is 0 Å². The molecule has 0 aliphatic carbocycles. The molecule has 0 unspecified atom stereocenters. The van der Waals surface area contributed by atoms with Crippen molar-refractivity contribution < 1.29 is 18.3 Å². The van der Waals surface area contributed by atoms with Crippen LogP contribution in [0.5, 0.6) is 5.75 Å². The standard InChI is InChI=1S/C18H21ClF2N4O2/c1-24-7-6-18(20,21)16(10-24)22-17(26)14-9-15(25(2)23-14)12-5-4-11(27-3)8-13(12)19/h4-5,8-9,16H,6-7,10H2,1-3H3,(H,22,26)/t16-/m1/s1. The number of carbonyl (C=O) groups is 1. The Kier molecular flexibility index (Phi) is 5.39. The van der Waals surface area contributed by atoms with E-state index in [1.54, 1.807) is 37.2 Å². The topological polar surface area (TPSA) is 59.4 Å². The number of nitrogens with zero attached hydrogens (tertiary/aromatic N) is 3. The van der Waals surface area contributed by atoms with Gasteiger partial charge in [-0.2, -0.15) is 5.10 Å². The number of hydrogen-bond donors (Lipinski definition) is 1. The fraction of sp³-hybridized carbons (Fsp3) is 0.444. The summed E-state index contributed by atoms with van der Waals surface area (Å²) in [6, 6.07) is 5.44. The molecule has 1 aliphatic rings. The number of piperidine rings is 1. The maximum Gasteiger partial charge on any atom is 0.272 e. The Morgan fingerprint density at radius 2 is 2.11 bits per heavy atom. The molecule has 2 heterocycles. The van der Waals surface area contributed by atoms with Crippen LogP contribution >= 0.6 is 11.6 Å². The van der Waals surface area contributed by atoms with Crippen LogP contribution in [0.25, 0.3) is 11.3 Å². The van der Waals surface area contributed by atoms with E-state index in [9.17, 15) is 13.6 Å². The lowest BCUT2D eigenvalue weighted by molar-refractivity contribution is -0.0768. The number of ether oxygens (including phenoxy) is 1. The number of rotatable bonds is 4. The highest BCUT2D eigenvalue weighted by atomic mass is 35.5. The molecule has 9 heteroatoms. The Morgan fingerprint density at radius 1 is 1.37 bits per heavy atom. The maximum atomic E-state index is 14.1. The second-order valence-corrected chi connectivity index (χ2v) is 7.09. The molecule has 6 nitrogen and oxygen atoms in total. The highest BCUT2D eigenvalue weighted by Crippen LogP contribution is 2.32. The quantitative estimate of drug-likeness (QED) is 0.860. The van der Waals surface area contributed by atoms with E-state index >= 15 is 0 Å². The predicted octanol–water partition coefficient (Wildman–Crippen LogP) is 2.82. The zero-order valence-electron chi connectivity index (χ0n) is 15.3. The molecule has 3 rings (SSSR count). The molecule has 2 aromatic rings. The van der Waals surface area contributed by atoms with Crippen molar-refractivity contribution in [3.8, 4) is 17.0 Å². The summed E-state index contributed by atoms with van der Waals surface area (Å²) in [5.74, 6) is -2.98. The van der Waals surface area contributed by atoms with Crippen LogP contribution in [-0.4, -0.2) is 59.8 Å². The van der Waals surface area contributed by atoms with Crippen LogP contribution in [0.15, 0.2) is 24.3 Å². The molecule has 0 bridgehead atoms. The van der Waals surface area contributed by atoms with E-state index < -0.39 is 17.9 Å². The van der Waals surface area contributed by atoms with E-state index in [2.05, 4.69) is 10.4 Å². The Hall–Kier alpha value is -2.19. The summed E-state index contributed by atoms with van der Waals surface area (Å²) in [6.07, 6.45) is -0.288. The molecule has 1 atom stereocenters. The molecule has 0 spiro atoms. The number of benzene rings is 1. The molecule has 0 saturated carbocycles. The van der Waals surface area contributed by atoms with Gasteiger partial charge in [0.15, 0.2) is 5.69 Å². The number of halogens is 3. The average molecular weight is 399 g/mol. The number of aryl methyl sites for hydroxylation is 1. The molecule has 1 aliphatic heterocycles. The first kappa shape index (κ1) is 19.6. The molecule has 1 amide bonds. The van der Waals surface area contributed by atoms with Gasteiger partial charge < -0.3 is 15.0 Å². The Bertz CT molecular complexity index is 856. The summed E-state index contributed by atoms with van der Waals surface area (Å²) in [5.41, 5.74) is 1.32. The highest BCUT2D eigenvalue weighted by molar-refractivity contribution is 6.33. The van der Waals surface area contributed by atoms with Gasteiger partial charge in [-0.15, -0.1) is 0 Å². The van der Waals surface area contributed by atoms with Gasteiger partial charge in [0.05, 0.1) is 17.8 Å². The molecule has 1 fully saturated rings. The summed E-state index contributed by atoms with van der Waals surface area (Å²) >= 11 is 6.29. The van der Waals surface area contributed by atoms with Crippen LogP contribution < -0.4 is 10.1 Å². The second kappa shape index (κ2) is 7.44. The monoisotopic (exact) mass is 398 g/mol. The van der Waals surface area contributed by atoms with Crippen LogP contribution in [0.4, 0.5) is 8.78 Å². The number of nitrogens with one attached hydrogen (secondary N) is 1. The number of hydrogen-bond acceptors (Lipinski definition) is 4. The molecule has 146 valence electrons. The van der Waals surface area contributed by atoms with Gasteiger partial charge in [0.1, 0.15) is 11.8 Å². The second-order valence-electron chi connectivity index (χ2n) is 6.68. The third-order valence-corrected chi connectivity index (χ3v) is 5.01. The molecule has 1 N–H and O–H groups in total. The number of aromatic nitrogens is 2. The van der Waals surface area contributed by atoms with Gasteiger partial charge in [0.25, 0.3) is 11.8 Å². The molecule has 0 radical (unpaired) electrons. The molecule has 1 saturated heterocycles. The largest absolute Gasteiger partial charge is 0.497 e. The summed E-state index contributed by atoms with van der Waals surface area (Å²) < 4.78 is 34.8. The first-order chi connectivity index (χ1) is 12.7. The number of alkyl halides is 2. The number of amides is 1. The number of carbonyl (C=O) groups excluding carboxylic acids is 1. The molecule has 1 aromatic heterocycles. The number of methoxy groups -OCH3 is 1. The third kappa shape index (κ3) is 4.06. The van der Waals surface area contributed by atoms with E-state index in [-0.39, 0.29) is 18.7 Å². The van der Waals surface area contributed by atoms with Gasteiger partial charge in [-0.25, -0.2) is 8.78 Å². The van der Waals surface area contributed by atoms with Crippen LogP contribution in [0.1, 0.15) is 16.9 Å². The van der Waals surface area contributed by atoms with Crippen molar-refractivity contribution in [1.82, 2.24) is 20.0 Å². The van der Waals surface area contributed by atoms with Gasteiger partial charge in [-0.05, 0) is 31.3 Å². The van der Waals surface area contributed by atoms with E-state index in [1.165, 1.54) is 17.9 Å². The lowest BCUT2D eigenvalue weighted by atomic mass is 10.0. The summed E-state index contributed by atoms with van der Waals surface area (Å²) in [7, 11) is 4.95. The van der Waals surface area contributed by atoms with Crippen LogP contribution in [0.2, 0.25) is 5.02 Å². The minimum absolute atomic E-state index is 0.0587. The Balaban J connectivity index is 1.82. The summed E-state index contributed by atoms with van der Waals surface area (Å²) in [6.45, 7) is 0.381. The molecular weight excluding hydrogens is 378 g/mol.